The molecule has 0 aromatic heterocycles. The Morgan fingerprint density at radius 3 is 1.25 bits per heavy atom. The first-order chi connectivity index (χ1) is 1.41. The fraction of sp³-hybridized carbons (Fsp3) is 0. The van der Waals surface area contributed by atoms with Gasteiger partial charge < -0.3 is 0 Å². The van der Waals surface area contributed by atoms with Crippen LogP contribution in [0.4, 0.5) is 0 Å². The smallest absolute Gasteiger partial charge is 0.316 e. The molecule has 0 aromatic rings. The predicted molar refractivity (Wildman–Crippen MR) is 15.7 cm³/mol. The molecule has 0 aliphatic heterocycles. The van der Waals surface area contributed by atoms with Crippen LogP contribution in [0.1, 0.15) is 0 Å². The van der Waals surface area contributed by atoms with Gasteiger partial charge in [-0.15, -0.1) is 0 Å². The van der Waals surface area contributed by atoms with Crippen molar-refractivity contribution in [1.82, 2.24) is 0 Å². The molecule has 0 fully saturated rings. The summed E-state index contributed by atoms with van der Waals surface area (Å²) in [5.74, 6) is 0. The molecule has 0 heterocycles. The van der Waals surface area contributed by atoms with Crippen molar-refractivity contribution in [3.05, 3.63) is 0 Å². The van der Waals surface area contributed by atoms with Crippen LogP contribution in [0.3, 0.4) is 0 Å². The summed E-state index contributed by atoms with van der Waals surface area (Å²) < 4.78 is 17.0. The summed E-state index contributed by atoms with van der Waals surface area (Å²) in [6.07, 6.45) is 0. The van der Waals surface area contributed by atoms with Gasteiger partial charge in [-0.3, -0.25) is 0 Å². The molecule has 0 amide bonds. The van der Waals surface area contributed by atoms with E-state index in [9.17, 15) is 0 Å². The Morgan fingerprint density at radius 2 is 1.25 bits per heavy atom. The molecule has 0 saturated carbocycles. The molecule has 4 heavy (non-hydrogen) atoms. The molecule has 0 spiro atoms. The molecule has 0 unspecified atom stereocenters. The Balaban J connectivity index is 0. The molecule has 0 rings (SSSR count). The van der Waals surface area contributed by atoms with E-state index >= 15 is 0 Å². The van der Waals surface area contributed by atoms with Crippen molar-refractivity contribution in [3.8, 4) is 0 Å². The van der Waals surface area contributed by atoms with Gasteiger partial charge in [0.25, 0.3) is 0 Å². The van der Waals surface area contributed by atoms with Crippen LogP contribution in [0.5, 0.6) is 0 Å². The van der Waals surface area contributed by atoms with Crippen LogP contribution in [0.2, 0.25) is 0 Å². The molecular weight excluding hydrogens is 184 g/mol. The van der Waals surface area contributed by atoms with E-state index in [4.69, 9.17) is 6.21 Å². The van der Waals surface area contributed by atoms with Gasteiger partial charge >= 0.3 is 50.2 Å². The Kier molecular flexibility index (Phi) is 19.9. The summed E-state index contributed by atoms with van der Waals surface area (Å²) in [6, 6.07) is 0. The van der Waals surface area contributed by atoms with E-state index in [1.54, 1.807) is 0 Å². The van der Waals surface area contributed by atoms with Crippen LogP contribution in [0.25, 0.3) is 0 Å². The van der Waals surface area contributed by atoms with Gasteiger partial charge in [0.1, 0.15) is 0 Å². The van der Waals surface area contributed by atoms with Crippen LogP contribution in [0.15, 0.2) is 0 Å². The fourth-order valence-electron chi connectivity index (χ4n) is 0. The topological polar surface area (TPSA) is 34.1 Å². The molecular formula is H2MgO2Te. The molecule has 0 aliphatic carbocycles. The minimum absolute atomic E-state index is 0. The quantitative estimate of drug-likeness (QED) is 0.430. The molecule has 4 heteroatoms. The van der Waals surface area contributed by atoms with Gasteiger partial charge in [-0.1, -0.05) is 0 Å². The fourth-order valence-corrected chi connectivity index (χ4v) is 0. The summed E-state index contributed by atoms with van der Waals surface area (Å²) in [4.78, 5) is 0. The number of rotatable bonds is 0. The molecule has 0 aromatic carbocycles. The van der Waals surface area contributed by atoms with Crippen molar-refractivity contribution in [2.75, 3.05) is 0 Å². The zero-order valence-electron chi connectivity index (χ0n) is 1.22. The van der Waals surface area contributed by atoms with E-state index in [1.165, 1.54) is 0 Å². The molecule has 0 radical (unpaired) electrons. The Morgan fingerprint density at radius 1 is 1.25 bits per heavy atom. The van der Waals surface area contributed by atoms with Crippen LogP contribution >= 0.6 is 0 Å². The predicted octanol–water partition coefficient (Wildman–Crippen LogP) is -1.53. The van der Waals surface area contributed by atoms with Crippen molar-refractivity contribution in [3.63, 3.8) is 0 Å². The zero-order chi connectivity index (χ0) is 2.71. The molecule has 0 atom stereocenters. The number of hydrogen-bond acceptors (Lipinski definition) is 2. The monoisotopic (exact) mass is 188 g/mol. The molecule has 0 bridgehead atoms. The van der Waals surface area contributed by atoms with E-state index < -0.39 is 20.9 Å². The standard InChI is InChI=1S/Mg.O2Te.2H/c;1-3-2;;. The minimum Gasteiger partial charge on any atom is 0.316 e. The third-order valence-electron chi connectivity index (χ3n) is 0. The molecule has 2 nitrogen and oxygen atoms in total. The van der Waals surface area contributed by atoms with Gasteiger partial charge in [0.05, 0.1) is 0 Å². The van der Waals surface area contributed by atoms with Gasteiger partial charge in [0.15, 0.2) is 0 Å². The molecule has 0 saturated heterocycles. The average molecular weight is 186 g/mol. The second kappa shape index (κ2) is 8.91. The van der Waals surface area contributed by atoms with Gasteiger partial charge in [-0.05, 0) is 0 Å². The van der Waals surface area contributed by atoms with Gasteiger partial charge in [-0.25, -0.2) is 0 Å². The Bertz CT molecular complexity index is 27.0. The normalized spacial score (nSPS) is 3.00. The van der Waals surface area contributed by atoms with Gasteiger partial charge in [0, 0.05) is 0 Å². The van der Waals surface area contributed by atoms with E-state index in [1.807, 2.05) is 0 Å². The second-order valence-corrected chi connectivity index (χ2v) is 0.456. The van der Waals surface area contributed by atoms with Crippen molar-refractivity contribution < 1.29 is 6.21 Å². The number of hydrogen-bond donors (Lipinski definition) is 0. The maximum Gasteiger partial charge on any atom is 0.316 e. The van der Waals surface area contributed by atoms with E-state index in [0.717, 1.165) is 0 Å². The Hall–Kier alpha value is 1.16. The first-order valence-corrected chi connectivity index (χ1v) is 2.24. The van der Waals surface area contributed by atoms with Crippen LogP contribution in [-0.4, -0.2) is 43.9 Å². The van der Waals surface area contributed by atoms with Gasteiger partial charge in [-0.2, -0.15) is 0 Å². The van der Waals surface area contributed by atoms with E-state index in [0.29, 0.717) is 0 Å². The first kappa shape index (κ1) is 8.94. The minimum atomic E-state index is -2.03. The van der Waals surface area contributed by atoms with Crippen molar-refractivity contribution in [1.29, 1.82) is 0 Å². The summed E-state index contributed by atoms with van der Waals surface area (Å²) in [6.45, 7) is 0. The van der Waals surface area contributed by atoms with Gasteiger partial charge in [0.2, 0.25) is 0 Å². The molecule has 0 aliphatic rings. The summed E-state index contributed by atoms with van der Waals surface area (Å²) >= 11 is -2.03. The third kappa shape index (κ3) is 11.0. The van der Waals surface area contributed by atoms with Crippen LogP contribution in [0, 0.1) is 0 Å². The second-order valence-electron chi connectivity index (χ2n) is 0.0680. The van der Waals surface area contributed by atoms with Crippen molar-refractivity contribution in [2.24, 2.45) is 0 Å². The SMILES string of the molecule is O=[Te]=O.[MgH2]. The molecule has 22 valence electrons. The van der Waals surface area contributed by atoms with E-state index in [-0.39, 0.29) is 23.1 Å². The van der Waals surface area contributed by atoms with Crippen molar-refractivity contribution in [2.45, 2.75) is 0 Å². The average Bonchev–Trinajstić information content (AvgIpc) is 0.918. The molecule has 0 N–H and O–H groups in total. The first-order valence-electron chi connectivity index (χ1n) is 0.333. The largest absolute Gasteiger partial charge is 0.316 e. The maximum atomic E-state index is 8.50. The van der Waals surface area contributed by atoms with E-state index in [2.05, 4.69) is 0 Å². The van der Waals surface area contributed by atoms with Crippen molar-refractivity contribution >= 4 is 43.9 Å². The third-order valence-corrected chi connectivity index (χ3v) is 0. The zero-order valence-corrected chi connectivity index (χ0v) is 3.56. The van der Waals surface area contributed by atoms with Crippen LogP contribution < -0.4 is 0 Å². The Labute approximate surface area is 49.9 Å². The summed E-state index contributed by atoms with van der Waals surface area (Å²) in [5.41, 5.74) is 0. The maximum absolute atomic E-state index is 8.50. The summed E-state index contributed by atoms with van der Waals surface area (Å²) in [7, 11) is 0. The van der Waals surface area contributed by atoms with Crippen LogP contribution in [-0.2, 0) is 6.21 Å². The summed E-state index contributed by atoms with van der Waals surface area (Å²) in [5, 5.41) is 0.